The molecule has 0 aromatic carbocycles. The molecule has 0 radical (unpaired) electrons. The van der Waals surface area contributed by atoms with Crippen LogP contribution in [0.1, 0.15) is 46.0 Å². The second-order valence-corrected chi connectivity index (χ2v) is 7.02. The Labute approximate surface area is 112 Å². The lowest BCUT2D eigenvalue weighted by Gasteiger charge is -2.28. The molecule has 0 aromatic rings. The van der Waals surface area contributed by atoms with Crippen LogP contribution in [0, 0.1) is 17.3 Å². The van der Waals surface area contributed by atoms with Crippen molar-refractivity contribution in [2.45, 2.75) is 52.1 Å². The minimum Gasteiger partial charge on any atom is -0.462 e. The average Bonchev–Trinajstić information content (AvgIpc) is 2.78. The molecule has 3 heteroatoms. The molecule has 16 heavy (non-hydrogen) atoms. The highest BCUT2D eigenvalue weighted by Gasteiger charge is 2.43. The number of alkyl halides is 1. The van der Waals surface area contributed by atoms with Gasteiger partial charge in [0.15, 0.2) is 0 Å². The summed E-state index contributed by atoms with van der Waals surface area (Å²) in [5.74, 6) is 1.53. The van der Waals surface area contributed by atoms with Crippen molar-refractivity contribution >= 4 is 28.6 Å². The molecule has 0 heterocycles. The SMILES string of the molecule is CC(C)(CCI)C(=O)OC1CC2CCC1C2. The third-order valence-corrected chi connectivity index (χ3v) is 4.74. The van der Waals surface area contributed by atoms with E-state index in [9.17, 15) is 4.79 Å². The van der Waals surface area contributed by atoms with Gasteiger partial charge in [-0.05, 0) is 57.8 Å². The summed E-state index contributed by atoms with van der Waals surface area (Å²) in [5.41, 5.74) is -0.303. The number of hydrogen-bond donors (Lipinski definition) is 0. The molecular formula is C13H21IO2. The second-order valence-electron chi connectivity index (χ2n) is 5.94. The molecule has 92 valence electrons. The summed E-state index contributed by atoms with van der Waals surface area (Å²) in [4.78, 5) is 12.1. The highest BCUT2D eigenvalue weighted by molar-refractivity contribution is 14.1. The van der Waals surface area contributed by atoms with E-state index < -0.39 is 0 Å². The van der Waals surface area contributed by atoms with Crippen LogP contribution in [0.5, 0.6) is 0 Å². The van der Waals surface area contributed by atoms with Crippen molar-refractivity contribution < 1.29 is 9.53 Å². The van der Waals surface area contributed by atoms with Gasteiger partial charge in [-0.3, -0.25) is 4.79 Å². The second kappa shape index (κ2) is 4.83. The summed E-state index contributed by atoms with van der Waals surface area (Å²) in [7, 11) is 0. The monoisotopic (exact) mass is 336 g/mol. The first-order chi connectivity index (χ1) is 7.53. The first kappa shape index (κ1) is 12.7. The van der Waals surface area contributed by atoms with Gasteiger partial charge in [-0.2, -0.15) is 0 Å². The molecule has 2 nitrogen and oxygen atoms in total. The normalized spacial score (nSPS) is 33.1. The number of halogens is 1. The molecule has 0 aliphatic heterocycles. The largest absolute Gasteiger partial charge is 0.462 e. The summed E-state index contributed by atoms with van der Waals surface area (Å²) < 4.78 is 6.73. The summed E-state index contributed by atoms with van der Waals surface area (Å²) in [6.07, 6.45) is 6.19. The Balaban J connectivity index is 1.88. The van der Waals surface area contributed by atoms with Gasteiger partial charge >= 0.3 is 5.97 Å². The summed E-state index contributed by atoms with van der Waals surface area (Å²) in [6.45, 7) is 4.00. The maximum Gasteiger partial charge on any atom is 0.311 e. The summed E-state index contributed by atoms with van der Waals surface area (Å²) in [6, 6.07) is 0. The number of fused-ring (bicyclic) bond motifs is 2. The Hall–Kier alpha value is 0.200. The molecule has 2 bridgehead atoms. The average molecular weight is 336 g/mol. The van der Waals surface area contributed by atoms with Crippen LogP contribution in [0.25, 0.3) is 0 Å². The zero-order valence-corrected chi connectivity index (χ0v) is 12.3. The fraction of sp³-hybridized carbons (Fsp3) is 0.923. The van der Waals surface area contributed by atoms with E-state index in [1.54, 1.807) is 0 Å². The van der Waals surface area contributed by atoms with Crippen molar-refractivity contribution in [2.24, 2.45) is 17.3 Å². The highest BCUT2D eigenvalue weighted by atomic mass is 127. The Kier molecular flexibility index (Phi) is 3.82. The molecule has 2 rings (SSSR count). The fourth-order valence-electron chi connectivity index (χ4n) is 2.97. The van der Waals surface area contributed by atoms with E-state index in [0.717, 1.165) is 23.2 Å². The topological polar surface area (TPSA) is 26.3 Å². The fourth-order valence-corrected chi connectivity index (χ4v) is 4.31. The first-order valence-electron chi connectivity index (χ1n) is 6.30. The quantitative estimate of drug-likeness (QED) is 0.446. The van der Waals surface area contributed by atoms with Crippen LogP contribution in [0.15, 0.2) is 0 Å². The predicted molar refractivity (Wildman–Crippen MR) is 72.6 cm³/mol. The Bertz CT molecular complexity index is 275. The van der Waals surface area contributed by atoms with Crippen LogP contribution in [-0.2, 0) is 9.53 Å². The van der Waals surface area contributed by atoms with E-state index in [1.165, 1.54) is 19.3 Å². The number of carbonyl (C=O) groups is 1. The predicted octanol–water partition coefficient (Wildman–Crippen LogP) is 3.57. The minimum atomic E-state index is -0.303. The molecule has 3 unspecified atom stereocenters. The van der Waals surface area contributed by atoms with Gasteiger partial charge in [0, 0.05) is 4.43 Å². The summed E-state index contributed by atoms with van der Waals surface area (Å²) >= 11 is 2.32. The number of esters is 1. The number of rotatable bonds is 4. The van der Waals surface area contributed by atoms with Crippen molar-refractivity contribution in [3.05, 3.63) is 0 Å². The molecule has 0 aromatic heterocycles. The van der Waals surface area contributed by atoms with Crippen molar-refractivity contribution in [1.82, 2.24) is 0 Å². The zero-order valence-electron chi connectivity index (χ0n) is 10.2. The highest BCUT2D eigenvalue weighted by Crippen LogP contribution is 2.46. The molecule has 2 aliphatic rings. The van der Waals surface area contributed by atoms with E-state index in [2.05, 4.69) is 22.6 Å². The Morgan fingerprint density at radius 1 is 1.38 bits per heavy atom. The van der Waals surface area contributed by atoms with Gasteiger partial charge in [-0.1, -0.05) is 22.6 Å². The van der Waals surface area contributed by atoms with Crippen LogP contribution in [0.2, 0.25) is 0 Å². The van der Waals surface area contributed by atoms with Gasteiger partial charge in [0.2, 0.25) is 0 Å². The lowest BCUT2D eigenvalue weighted by molar-refractivity contribution is -0.162. The van der Waals surface area contributed by atoms with Crippen LogP contribution in [0.3, 0.4) is 0 Å². The number of carbonyl (C=O) groups excluding carboxylic acids is 1. The van der Waals surface area contributed by atoms with E-state index >= 15 is 0 Å². The molecule has 0 amide bonds. The summed E-state index contributed by atoms with van der Waals surface area (Å²) in [5, 5.41) is 0. The van der Waals surface area contributed by atoms with Crippen LogP contribution >= 0.6 is 22.6 Å². The molecule has 0 saturated heterocycles. The maximum atomic E-state index is 12.1. The number of hydrogen-bond acceptors (Lipinski definition) is 2. The maximum absolute atomic E-state index is 12.1. The van der Waals surface area contributed by atoms with Gasteiger partial charge in [0.05, 0.1) is 5.41 Å². The number of ether oxygens (including phenoxy) is 1. The van der Waals surface area contributed by atoms with Crippen LogP contribution < -0.4 is 0 Å². The smallest absolute Gasteiger partial charge is 0.311 e. The van der Waals surface area contributed by atoms with Crippen LogP contribution in [-0.4, -0.2) is 16.5 Å². The molecule has 3 atom stereocenters. The van der Waals surface area contributed by atoms with Gasteiger partial charge in [0.1, 0.15) is 6.10 Å². The molecule has 0 N–H and O–H groups in total. The van der Waals surface area contributed by atoms with Gasteiger partial charge in [-0.15, -0.1) is 0 Å². The van der Waals surface area contributed by atoms with Gasteiger partial charge < -0.3 is 4.74 Å². The van der Waals surface area contributed by atoms with Crippen molar-refractivity contribution in [3.8, 4) is 0 Å². The molecule has 2 fully saturated rings. The standard InChI is InChI=1S/C13H21IO2/c1-13(2,5-6-14)12(15)16-11-8-9-3-4-10(11)7-9/h9-11H,3-8H2,1-2H3. The van der Waals surface area contributed by atoms with E-state index in [-0.39, 0.29) is 17.5 Å². The Morgan fingerprint density at radius 2 is 2.12 bits per heavy atom. The first-order valence-corrected chi connectivity index (χ1v) is 7.82. The molecule has 2 aliphatic carbocycles. The molecule has 0 spiro atoms. The lowest BCUT2D eigenvalue weighted by atomic mass is 9.90. The third-order valence-electron chi connectivity index (χ3n) is 4.20. The van der Waals surface area contributed by atoms with E-state index in [0.29, 0.717) is 5.92 Å². The molecular weight excluding hydrogens is 315 g/mol. The van der Waals surface area contributed by atoms with Crippen molar-refractivity contribution in [2.75, 3.05) is 4.43 Å². The lowest BCUT2D eigenvalue weighted by Crippen LogP contribution is -2.33. The zero-order chi connectivity index (χ0) is 11.8. The van der Waals surface area contributed by atoms with Crippen LogP contribution in [0.4, 0.5) is 0 Å². The van der Waals surface area contributed by atoms with E-state index in [1.807, 2.05) is 13.8 Å². The van der Waals surface area contributed by atoms with E-state index in [4.69, 9.17) is 4.74 Å². The molecule has 2 saturated carbocycles. The minimum absolute atomic E-state index is 0.0155. The van der Waals surface area contributed by atoms with Gasteiger partial charge in [-0.25, -0.2) is 0 Å². The van der Waals surface area contributed by atoms with Crippen molar-refractivity contribution in [1.29, 1.82) is 0 Å². The van der Waals surface area contributed by atoms with Gasteiger partial charge in [0.25, 0.3) is 0 Å². The Morgan fingerprint density at radius 3 is 2.62 bits per heavy atom. The third kappa shape index (κ3) is 2.54. The van der Waals surface area contributed by atoms with Crippen molar-refractivity contribution in [3.63, 3.8) is 0 Å².